The smallest absolute Gasteiger partial charge is 0.358 e. The molecule has 0 fully saturated rings. The molecule has 1 rings (SSSR count). The first-order valence-electron chi connectivity index (χ1n) is 5.52. The molecule has 0 aliphatic heterocycles. The van der Waals surface area contributed by atoms with Gasteiger partial charge in [0.25, 0.3) is 0 Å². The Hall–Kier alpha value is -1.43. The van der Waals surface area contributed by atoms with Gasteiger partial charge < -0.3 is 15.4 Å². The second-order valence-electron chi connectivity index (χ2n) is 3.96. The van der Waals surface area contributed by atoms with Crippen LogP contribution in [0.2, 0.25) is 0 Å². The van der Waals surface area contributed by atoms with E-state index in [-0.39, 0.29) is 5.82 Å². The standard InChI is InChI=1S/C10H18N4O2/c1-3-5-11-7-9(2)8-13-6-4-10(12-13)14(15)16/h4,6,9,11H,3,5,7-8H2,1-2H3. The molecule has 0 aliphatic rings. The van der Waals surface area contributed by atoms with Crippen LogP contribution in [0, 0.1) is 16.0 Å². The summed E-state index contributed by atoms with van der Waals surface area (Å²) in [5.41, 5.74) is 0. The van der Waals surface area contributed by atoms with E-state index in [1.165, 1.54) is 6.07 Å². The molecule has 1 N–H and O–H groups in total. The molecule has 6 nitrogen and oxygen atoms in total. The molecule has 1 aromatic heterocycles. The second kappa shape index (κ2) is 6.22. The summed E-state index contributed by atoms with van der Waals surface area (Å²) in [5, 5.41) is 17.6. The molecule has 0 radical (unpaired) electrons. The van der Waals surface area contributed by atoms with E-state index in [4.69, 9.17) is 0 Å². The van der Waals surface area contributed by atoms with Crippen molar-refractivity contribution in [1.82, 2.24) is 15.1 Å². The maximum absolute atomic E-state index is 10.4. The molecule has 0 aromatic carbocycles. The van der Waals surface area contributed by atoms with Crippen LogP contribution in [0.15, 0.2) is 12.3 Å². The Labute approximate surface area is 94.8 Å². The van der Waals surface area contributed by atoms with Gasteiger partial charge in [-0.15, -0.1) is 0 Å². The normalized spacial score (nSPS) is 12.6. The molecule has 1 unspecified atom stereocenters. The van der Waals surface area contributed by atoms with E-state index in [2.05, 4.69) is 24.3 Å². The molecule has 0 spiro atoms. The third kappa shape index (κ3) is 3.98. The first-order chi connectivity index (χ1) is 7.63. The summed E-state index contributed by atoms with van der Waals surface area (Å²) in [6.45, 7) is 6.82. The maximum atomic E-state index is 10.4. The third-order valence-electron chi connectivity index (χ3n) is 2.23. The van der Waals surface area contributed by atoms with Gasteiger partial charge in [-0.3, -0.25) is 0 Å². The number of hydrogen-bond donors (Lipinski definition) is 1. The van der Waals surface area contributed by atoms with Crippen LogP contribution >= 0.6 is 0 Å². The average Bonchev–Trinajstić information content (AvgIpc) is 2.66. The fourth-order valence-electron chi connectivity index (χ4n) is 1.46. The molecule has 0 aliphatic carbocycles. The van der Waals surface area contributed by atoms with Gasteiger partial charge >= 0.3 is 5.82 Å². The van der Waals surface area contributed by atoms with Crippen LogP contribution in [-0.4, -0.2) is 27.8 Å². The summed E-state index contributed by atoms with van der Waals surface area (Å²) in [7, 11) is 0. The number of nitrogens with one attached hydrogen (secondary N) is 1. The molecule has 6 heteroatoms. The quantitative estimate of drug-likeness (QED) is 0.433. The fraction of sp³-hybridized carbons (Fsp3) is 0.700. The average molecular weight is 226 g/mol. The number of rotatable bonds is 7. The summed E-state index contributed by atoms with van der Waals surface area (Å²) in [6, 6.07) is 1.42. The molecule has 0 bridgehead atoms. The van der Waals surface area contributed by atoms with Crippen LogP contribution in [0.25, 0.3) is 0 Å². The minimum absolute atomic E-state index is 0.0892. The molecule has 0 saturated carbocycles. The number of hydrogen-bond acceptors (Lipinski definition) is 4. The first-order valence-corrected chi connectivity index (χ1v) is 5.52. The molecule has 90 valence electrons. The monoisotopic (exact) mass is 226 g/mol. The SMILES string of the molecule is CCCNCC(C)Cn1ccc([N+](=O)[O-])n1. The summed E-state index contributed by atoms with van der Waals surface area (Å²) >= 11 is 0. The van der Waals surface area contributed by atoms with E-state index in [0.717, 1.165) is 19.5 Å². The van der Waals surface area contributed by atoms with Gasteiger partial charge in [-0.1, -0.05) is 13.8 Å². The van der Waals surface area contributed by atoms with Crippen LogP contribution in [0.3, 0.4) is 0 Å². The number of nitrogens with zero attached hydrogens (tertiary/aromatic N) is 3. The largest absolute Gasteiger partial charge is 0.389 e. The molecule has 1 heterocycles. The van der Waals surface area contributed by atoms with Crippen molar-refractivity contribution in [3.8, 4) is 0 Å². The topological polar surface area (TPSA) is 73.0 Å². The Morgan fingerprint density at radius 1 is 1.69 bits per heavy atom. The van der Waals surface area contributed by atoms with Crippen LogP contribution in [0.4, 0.5) is 5.82 Å². The van der Waals surface area contributed by atoms with Crippen molar-refractivity contribution >= 4 is 5.82 Å². The van der Waals surface area contributed by atoms with E-state index in [1.807, 2.05) is 0 Å². The van der Waals surface area contributed by atoms with Crippen LogP contribution in [-0.2, 0) is 6.54 Å². The lowest BCUT2D eigenvalue weighted by molar-refractivity contribution is -0.389. The highest BCUT2D eigenvalue weighted by atomic mass is 16.6. The number of nitro groups is 1. The lowest BCUT2D eigenvalue weighted by atomic mass is 10.2. The Morgan fingerprint density at radius 3 is 3.00 bits per heavy atom. The van der Waals surface area contributed by atoms with Crippen molar-refractivity contribution in [2.45, 2.75) is 26.8 Å². The highest BCUT2D eigenvalue weighted by Gasteiger charge is 2.12. The third-order valence-corrected chi connectivity index (χ3v) is 2.23. The van der Waals surface area contributed by atoms with Gasteiger partial charge in [0.15, 0.2) is 0 Å². The second-order valence-corrected chi connectivity index (χ2v) is 3.96. The van der Waals surface area contributed by atoms with Crippen LogP contribution in [0.5, 0.6) is 0 Å². The molecule has 0 saturated heterocycles. The predicted molar refractivity (Wildman–Crippen MR) is 61.2 cm³/mol. The van der Waals surface area contributed by atoms with Crippen molar-refractivity contribution in [3.63, 3.8) is 0 Å². The molecule has 1 atom stereocenters. The van der Waals surface area contributed by atoms with Gasteiger partial charge in [0, 0.05) is 0 Å². The first kappa shape index (κ1) is 12.6. The minimum Gasteiger partial charge on any atom is -0.358 e. The van der Waals surface area contributed by atoms with E-state index in [9.17, 15) is 10.1 Å². The van der Waals surface area contributed by atoms with E-state index in [0.29, 0.717) is 12.5 Å². The molecule has 1 aromatic rings. The van der Waals surface area contributed by atoms with Crippen molar-refractivity contribution in [2.24, 2.45) is 5.92 Å². The van der Waals surface area contributed by atoms with Gasteiger partial charge in [0.1, 0.15) is 0 Å². The zero-order valence-corrected chi connectivity index (χ0v) is 9.72. The summed E-state index contributed by atoms with van der Waals surface area (Å²) in [6.07, 6.45) is 2.76. The van der Waals surface area contributed by atoms with Crippen molar-refractivity contribution in [3.05, 3.63) is 22.4 Å². The summed E-state index contributed by atoms with van der Waals surface area (Å²) < 4.78 is 1.62. The predicted octanol–water partition coefficient (Wildman–Crippen LogP) is 1.43. The zero-order valence-electron chi connectivity index (χ0n) is 9.72. The fourth-order valence-corrected chi connectivity index (χ4v) is 1.46. The Kier molecular flexibility index (Phi) is 4.91. The summed E-state index contributed by atoms with van der Waals surface area (Å²) in [5.74, 6) is 0.319. The van der Waals surface area contributed by atoms with Gasteiger partial charge in [-0.2, -0.15) is 4.68 Å². The Bertz CT molecular complexity index is 337. The van der Waals surface area contributed by atoms with Crippen LogP contribution in [0.1, 0.15) is 20.3 Å². The minimum atomic E-state index is -0.476. The van der Waals surface area contributed by atoms with Gasteiger partial charge in [-0.05, 0) is 30.4 Å². The lowest BCUT2D eigenvalue weighted by Gasteiger charge is -2.10. The van der Waals surface area contributed by atoms with Crippen LogP contribution < -0.4 is 5.32 Å². The Balaban J connectivity index is 2.37. The highest BCUT2D eigenvalue weighted by Crippen LogP contribution is 2.07. The molecular formula is C10H18N4O2. The maximum Gasteiger partial charge on any atom is 0.389 e. The molecule has 16 heavy (non-hydrogen) atoms. The van der Waals surface area contributed by atoms with Gasteiger partial charge in [0.2, 0.25) is 0 Å². The van der Waals surface area contributed by atoms with E-state index >= 15 is 0 Å². The van der Waals surface area contributed by atoms with Crippen molar-refractivity contribution in [1.29, 1.82) is 0 Å². The van der Waals surface area contributed by atoms with Gasteiger partial charge in [-0.25, -0.2) is 0 Å². The molecular weight excluding hydrogens is 208 g/mol. The lowest BCUT2D eigenvalue weighted by Crippen LogP contribution is -2.24. The molecule has 0 amide bonds. The van der Waals surface area contributed by atoms with E-state index in [1.54, 1.807) is 10.9 Å². The van der Waals surface area contributed by atoms with Gasteiger partial charge in [0.05, 0.1) is 23.9 Å². The highest BCUT2D eigenvalue weighted by molar-refractivity contribution is 5.13. The van der Waals surface area contributed by atoms with Crippen molar-refractivity contribution < 1.29 is 4.92 Å². The van der Waals surface area contributed by atoms with Crippen molar-refractivity contribution in [2.75, 3.05) is 13.1 Å². The summed E-state index contributed by atoms with van der Waals surface area (Å²) in [4.78, 5) is 9.95. The van der Waals surface area contributed by atoms with E-state index < -0.39 is 4.92 Å². The number of aromatic nitrogens is 2. The Morgan fingerprint density at radius 2 is 2.44 bits per heavy atom. The zero-order chi connectivity index (χ0) is 12.0.